The van der Waals surface area contributed by atoms with Crippen LogP contribution >= 0.6 is 0 Å². The van der Waals surface area contributed by atoms with E-state index in [1.807, 2.05) is 6.07 Å². The molecule has 1 aromatic rings. The van der Waals surface area contributed by atoms with Gasteiger partial charge in [0.25, 0.3) is 0 Å². The lowest BCUT2D eigenvalue weighted by Gasteiger charge is -2.61. The van der Waals surface area contributed by atoms with Crippen LogP contribution in [-0.2, 0) is 9.53 Å². The summed E-state index contributed by atoms with van der Waals surface area (Å²) < 4.78 is 10.8. The molecule has 0 saturated heterocycles. The predicted octanol–water partition coefficient (Wildman–Crippen LogP) is 5.70. The summed E-state index contributed by atoms with van der Waals surface area (Å²) in [6.45, 7) is 6.61. The van der Waals surface area contributed by atoms with E-state index in [0.717, 1.165) is 30.6 Å². The van der Waals surface area contributed by atoms with Crippen molar-refractivity contribution in [1.82, 2.24) is 0 Å². The van der Waals surface area contributed by atoms with Crippen molar-refractivity contribution in [2.24, 2.45) is 34.5 Å². The first kappa shape index (κ1) is 20.3. The molecular weight excluding hydrogens is 376 g/mol. The number of carbonyl (C=O) groups excluding carboxylic acids is 1. The number of rotatable bonds is 2. The summed E-state index contributed by atoms with van der Waals surface area (Å²) in [5.74, 6) is 3.48. The van der Waals surface area contributed by atoms with Gasteiger partial charge in [-0.05, 0) is 110 Å². The Morgan fingerprint density at radius 1 is 1.00 bits per heavy atom. The van der Waals surface area contributed by atoms with Crippen molar-refractivity contribution in [2.45, 2.75) is 90.6 Å². The first-order valence-electron chi connectivity index (χ1n) is 12.1. The van der Waals surface area contributed by atoms with E-state index in [1.54, 1.807) is 19.3 Å². The standard InChI is InChI=1S/C26H36O4/c1-16(27)30-19-10-12-25(2)18(14-19)5-6-20-22-8-7-21(17-4-9-24(28)29-15-17)26(22,3)13-11-23(20)25/h4,9,15,18-23H,5-8,10-14H2,1-3H3/t18-,19-,20-,21+,22+,23-,25-,26+/m0/s1. The summed E-state index contributed by atoms with van der Waals surface area (Å²) in [7, 11) is 0. The maximum absolute atomic E-state index is 11.5. The summed E-state index contributed by atoms with van der Waals surface area (Å²) in [6.07, 6.45) is 12.9. The molecule has 1 heterocycles. The second-order valence-corrected chi connectivity index (χ2v) is 11.2. The highest BCUT2D eigenvalue weighted by Crippen LogP contribution is 2.69. The second kappa shape index (κ2) is 7.24. The molecule has 30 heavy (non-hydrogen) atoms. The minimum absolute atomic E-state index is 0.125. The maximum atomic E-state index is 11.5. The molecule has 0 aromatic carbocycles. The van der Waals surface area contributed by atoms with Crippen molar-refractivity contribution in [3.05, 3.63) is 34.4 Å². The lowest BCUT2D eigenvalue weighted by molar-refractivity contribution is -0.159. The Bertz CT molecular complexity index is 854. The maximum Gasteiger partial charge on any atom is 0.335 e. The van der Waals surface area contributed by atoms with Gasteiger partial charge in [0.2, 0.25) is 0 Å². The molecule has 4 saturated carbocycles. The third kappa shape index (κ3) is 3.08. The van der Waals surface area contributed by atoms with Gasteiger partial charge in [0, 0.05) is 13.0 Å². The Kier molecular flexibility index (Phi) is 4.91. The second-order valence-electron chi connectivity index (χ2n) is 11.2. The summed E-state index contributed by atoms with van der Waals surface area (Å²) in [5, 5.41) is 0. The largest absolute Gasteiger partial charge is 0.463 e. The fraction of sp³-hybridized carbons (Fsp3) is 0.769. The molecule has 8 atom stereocenters. The topological polar surface area (TPSA) is 56.5 Å². The van der Waals surface area contributed by atoms with Crippen LogP contribution in [0.3, 0.4) is 0 Å². The van der Waals surface area contributed by atoms with E-state index in [4.69, 9.17) is 9.15 Å². The molecule has 0 aliphatic heterocycles. The highest BCUT2D eigenvalue weighted by Gasteiger charge is 2.60. The van der Waals surface area contributed by atoms with Crippen LogP contribution in [0.2, 0.25) is 0 Å². The molecule has 4 aliphatic carbocycles. The van der Waals surface area contributed by atoms with Crippen LogP contribution < -0.4 is 5.63 Å². The molecule has 0 amide bonds. The van der Waals surface area contributed by atoms with E-state index in [2.05, 4.69) is 13.8 Å². The van der Waals surface area contributed by atoms with Crippen LogP contribution in [0.1, 0.15) is 90.0 Å². The summed E-state index contributed by atoms with van der Waals surface area (Å²) in [6, 6.07) is 3.59. The first-order chi connectivity index (χ1) is 14.3. The Labute approximate surface area is 179 Å². The van der Waals surface area contributed by atoms with Crippen LogP contribution in [0.5, 0.6) is 0 Å². The zero-order valence-corrected chi connectivity index (χ0v) is 18.7. The third-order valence-corrected chi connectivity index (χ3v) is 10.1. The molecule has 0 N–H and O–H groups in total. The number of ether oxygens (including phenoxy) is 1. The lowest BCUT2D eigenvalue weighted by Crippen LogP contribution is -2.54. The van der Waals surface area contributed by atoms with Crippen molar-refractivity contribution in [1.29, 1.82) is 0 Å². The van der Waals surface area contributed by atoms with Crippen molar-refractivity contribution in [2.75, 3.05) is 0 Å². The Balaban J connectivity index is 1.37. The SMILES string of the molecule is CC(=O)O[C@H]1CC[C@@]2(C)[C@@H](CC[C@H]3[C@H]4CC[C@H](c5ccc(=O)oc5)[C@@]4(C)CC[C@@H]32)C1. The van der Waals surface area contributed by atoms with Gasteiger partial charge in [-0.15, -0.1) is 0 Å². The van der Waals surface area contributed by atoms with Crippen molar-refractivity contribution in [3.63, 3.8) is 0 Å². The van der Waals surface area contributed by atoms with Gasteiger partial charge in [0.15, 0.2) is 0 Å². The molecule has 0 unspecified atom stereocenters. The van der Waals surface area contributed by atoms with E-state index in [9.17, 15) is 9.59 Å². The van der Waals surface area contributed by atoms with Crippen molar-refractivity contribution < 1.29 is 13.9 Å². The van der Waals surface area contributed by atoms with E-state index in [0.29, 0.717) is 22.7 Å². The van der Waals surface area contributed by atoms with Gasteiger partial charge in [-0.2, -0.15) is 0 Å². The summed E-state index contributed by atoms with van der Waals surface area (Å²) in [5.41, 5.74) is 1.69. The minimum Gasteiger partial charge on any atom is -0.463 e. The van der Waals surface area contributed by atoms with E-state index in [-0.39, 0.29) is 17.7 Å². The number of hydrogen-bond donors (Lipinski definition) is 0. The summed E-state index contributed by atoms with van der Waals surface area (Å²) >= 11 is 0. The van der Waals surface area contributed by atoms with Crippen LogP contribution in [0.4, 0.5) is 0 Å². The lowest BCUT2D eigenvalue weighted by atomic mass is 9.44. The average molecular weight is 413 g/mol. The van der Waals surface area contributed by atoms with E-state index in [1.165, 1.54) is 50.5 Å². The van der Waals surface area contributed by atoms with Crippen LogP contribution in [-0.4, -0.2) is 12.1 Å². The quantitative estimate of drug-likeness (QED) is 0.585. The normalized spacial score (nSPS) is 45.2. The predicted molar refractivity (Wildman–Crippen MR) is 115 cm³/mol. The first-order valence-corrected chi connectivity index (χ1v) is 12.1. The molecule has 0 radical (unpaired) electrons. The minimum atomic E-state index is -0.252. The van der Waals surface area contributed by atoms with Crippen LogP contribution in [0.15, 0.2) is 27.6 Å². The van der Waals surface area contributed by atoms with Crippen LogP contribution in [0, 0.1) is 34.5 Å². The molecule has 4 aliphatic rings. The Hall–Kier alpha value is -1.58. The number of fused-ring (bicyclic) bond motifs is 5. The van der Waals surface area contributed by atoms with Gasteiger partial charge >= 0.3 is 11.6 Å². The van der Waals surface area contributed by atoms with Gasteiger partial charge in [-0.25, -0.2) is 4.79 Å². The van der Waals surface area contributed by atoms with Gasteiger partial charge in [0.1, 0.15) is 6.10 Å². The van der Waals surface area contributed by atoms with E-state index >= 15 is 0 Å². The summed E-state index contributed by atoms with van der Waals surface area (Å²) in [4.78, 5) is 22.9. The Morgan fingerprint density at radius 3 is 2.50 bits per heavy atom. The van der Waals surface area contributed by atoms with Gasteiger partial charge in [0.05, 0.1) is 6.26 Å². The molecule has 4 heteroatoms. The highest BCUT2D eigenvalue weighted by molar-refractivity contribution is 5.66. The fourth-order valence-electron chi connectivity index (χ4n) is 8.68. The smallest absolute Gasteiger partial charge is 0.335 e. The molecular formula is C26H36O4. The number of carbonyl (C=O) groups is 1. The molecule has 4 fully saturated rings. The third-order valence-electron chi connectivity index (χ3n) is 10.1. The van der Waals surface area contributed by atoms with Gasteiger partial charge in [-0.3, -0.25) is 4.79 Å². The fourth-order valence-corrected chi connectivity index (χ4v) is 8.68. The number of esters is 1. The van der Waals surface area contributed by atoms with Crippen LogP contribution in [0.25, 0.3) is 0 Å². The monoisotopic (exact) mass is 412 g/mol. The zero-order valence-electron chi connectivity index (χ0n) is 18.7. The molecule has 1 aromatic heterocycles. The molecule has 5 rings (SSSR count). The molecule has 164 valence electrons. The number of hydrogen-bond acceptors (Lipinski definition) is 4. The molecule has 0 bridgehead atoms. The Morgan fingerprint density at radius 2 is 1.77 bits per heavy atom. The molecule has 4 nitrogen and oxygen atoms in total. The van der Waals surface area contributed by atoms with Gasteiger partial charge < -0.3 is 9.15 Å². The highest BCUT2D eigenvalue weighted by atomic mass is 16.5. The average Bonchev–Trinajstić information content (AvgIpc) is 3.06. The van der Waals surface area contributed by atoms with E-state index < -0.39 is 0 Å². The molecule has 0 spiro atoms. The van der Waals surface area contributed by atoms with Crippen molar-refractivity contribution in [3.8, 4) is 0 Å². The zero-order chi connectivity index (χ0) is 21.1. The van der Waals surface area contributed by atoms with Gasteiger partial charge in [-0.1, -0.05) is 13.8 Å². The van der Waals surface area contributed by atoms with Crippen molar-refractivity contribution >= 4 is 5.97 Å².